The number of carboxylic acid groups (broad SMARTS) is 1. The summed E-state index contributed by atoms with van der Waals surface area (Å²) in [6.07, 6.45) is 5.77. The number of benzene rings is 1. The van der Waals surface area contributed by atoms with Crippen molar-refractivity contribution in [3.8, 4) is 5.75 Å². The summed E-state index contributed by atoms with van der Waals surface area (Å²) in [4.78, 5) is 10.9. The van der Waals surface area contributed by atoms with E-state index < -0.39 is 6.16 Å². The molecule has 1 aromatic carbocycles. The van der Waals surface area contributed by atoms with Crippen molar-refractivity contribution < 1.29 is 14.6 Å². The van der Waals surface area contributed by atoms with Gasteiger partial charge in [0.05, 0.1) is 0 Å². The number of hydrogen-bond donors (Lipinski definition) is 1. The van der Waals surface area contributed by atoms with Gasteiger partial charge in [-0.1, -0.05) is 43.9 Å². The van der Waals surface area contributed by atoms with E-state index >= 15 is 0 Å². The third-order valence-corrected chi connectivity index (χ3v) is 4.39. The largest absolute Gasteiger partial charge is 0.511 e. The second kappa shape index (κ2) is 5.64. The van der Waals surface area contributed by atoms with Gasteiger partial charge in [-0.25, -0.2) is 4.79 Å². The van der Waals surface area contributed by atoms with Crippen molar-refractivity contribution in [2.45, 2.75) is 57.8 Å². The fourth-order valence-electron chi connectivity index (χ4n) is 3.28. The summed E-state index contributed by atoms with van der Waals surface area (Å²) in [6.45, 7) is 4.23. The van der Waals surface area contributed by atoms with Crippen molar-refractivity contribution in [2.75, 3.05) is 0 Å². The Labute approximate surface area is 114 Å². The van der Waals surface area contributed by atoms with Crippen LogP contribution in [0, 0.1) is 6.92 Å². The molecule has 1 N–H and O–H groups in total. The quantitative estimate of drug-likeness (QED) is 0.636. The van der Waals surface area contributed by atoms with Gasteiger partial charge in [-0.05, 0) is 37.7 Å². The second-order valence-electron chi connectivity index (χ2n) is 5.56. The van der Waals surface area contributed by atoms with E-state index in [-0.39, 0.29) is 5.41 Å². The summed E-state index contributed by atoms with van der Waals surface area (Å²) in [5.74, 6) is 0.516. The lowest BCUT2D eigenvalue weighted by molar-refractivity contribution is 0.142. The topological polar surface area (TPSA) is 46.5 Å². The van der Waals surface area contributed by atoms with E-state index in [0.29, 0.717) is 5.75 Å². The Hall–Kier alpha value is -1.51. The van der Waals surface area contributed by atoms with Gasteiger partial charge >= 0.3 is 6.16 Å². The van der Waals surface area contributed by atoms with E-state index in [1.165, 1.54) is 19.3 Å². The number of aryl methyl sites for hydroxylation is 1. The molecule has 3 nitrogen and oxygen atoms in total. The monoisotopic (exact) mass is 262 g/mol. The van der Waals surface area contributed by atoms with Gasteiger partial charge in [-0.3, -0.25) is 0 Å². The second-order valence-corrected chi connectivity index (χ2v) is 5.56. The molecule has 1 saturated carbocycles. The molecule has 0 amide bonds. The number of ether oxygens (including phenoxy) is 1. The fourth-order valence-corrected chi connectivity index (χ4v) is 3.28. The molecule has 19 heavy (non-hydrogen) atoms. The van der Waals surface area contributed by atoms with Crippen LogP contribution >= 0.6 is 0 Å². The molecule has 0 aliphatic heterocycles. The van der Waals surface area contributed by atoms with Crippen molar-refractivity contribution in [1.29, 1.82) is 0 Å². The molecule has 0 heterocycles. The zero-order valence-electron chi connectivity index (χ0n) is 11.7. The summed E-state index contributed by atoms with van der Waals surface area (Å²) < 4.78 is 5.00. The maximum absolute atomic E-state index is 10.9. The molecule has 0 radical (unpaired) electrons. The lowest BCUT2D eigenvalue weighted by atomic mass is 9.67. The van der Waals surface area contributed by atoms with Crippen LogP contribution in [0.4, 0.5) is 4.79 Å². The van der Waals surface area contributed by atoms with Gasteiger partial charge in [0, 0.05) is 5.56 Å². The van der Waals surface area contributed by atoms with Crippen molar-refractivity contribution in [2.24, 2.45) is 0 Å². The average molecular weight is 262 g/mol. The number of rotatable bonds is 3. The zero-order valence-corrected chi connectivity index (χ0v) is 11.7. The molecule has 1 aliphatic rings. The normalized spacial score (nSPS) is 18.0. The molecule has 104 valence electrons. The van der Waals surface area contributed by atoms with Crippen LogP contribution in [0.25, 0.3) is 0 Å². The van der Waals surface area contributed by atoms with Gasteiger partial charge in [-0.2, -0.15) is 0 Å². The summed E-state index contributed by atoms with van der Waals surface area (Å²) in [5, 5.41) is 8.89. The highest BCUT2D eigenvalue weighted by molar-refractivity contribution is 5.62. The predicted molar refractivity (Wildman–Crippen MR) is 74.9 cm³/mol. The Balaban J connectivity index is 2.45. The summed E-state index contributed by atoms with van der Waals surface area (Å²) in [6, 6.07) is 5.81. The minimum Gasteiger partial charge on any atom is -0.449 e. The van der Waals surface area contributed by atoms with E-state index in [1.54, 1.807) is 6.07 Å². The first-order valence-corrected chi connectivity index (χ1v) is 7.09. The van der Waals surface area contributed by atoms with Crippen molar-refractivity contribution in [1.82, 2.24) is 0 Å². The Bertz CT molecular complexity index is 459. The molecule has 0 unspecified atom stereocenters. The molecule has 0 aromatic heterocycles. The molecule has 0 spiro atoms. The lowest BCUT2D eigenvalue weighted by Gasteiger charge is -2.38. The van der Waals surface area contributed by atoms with Gasteiger partial charge in [0.1, 0.15) is 5.75 Å². The summed E-state index contributed by atoms with van der Waals surface area (Å²) in [7, 11) is 0. The van der Waals surface area contributed by atoms with Crippen molar-refractivity contribution >= 4 is 6.16 Å². The Morgan fingerprint density at radius 1 is 1.32 bits per heavy atom. The first kappa shape index (κ1) is 13.9. The SMILES string of the molecule is CCC1(c2cc(C)ccc2OC(=O)O)CCCCC1. The number of hydrogen-bond acceptors (Lipinski definition) is 2. The zero-order chi connectivity index (χ0) is 13.9. The fraction of sp³-hybridized carbons (Fsp3) is 0.562. The van der Waals surface area contributed by atoms with Crippen LogP contribution in [0.1, 0.15) is 56.6 Å². The summed E-state index contributed by atoms with van der Waals surface area (Å²) >= 11 is 0. The van der Waals surface area contributed by atoms with E-state index in [4.69, 9.17) is 9.84 Å². The van der Waals surface area contributed by atoms with Crippen LogP contribution in [0.2, 0.25) is 0 Å². The van der Waals surface area contributed by atoms with E-state index in [0.717, 1.165) is 30.4 Å². The van der Waals surface area contributed by atoms with Gasteiger partial charge in [0.15, 0.2) is 0 Å². The molecule has 3 heteroatoms. The standard InChI is InChI=1S/C16H22O3/c1-3-16(9-5-4-6-10-16)13-11-12(2)7-8-14(13)19-15(17)18/h7-8,11H,3-6,9-10H2,1-2H3,(H,17,18). The van der Waals surface area contributed by atoms with Crippen LogP contribution in [0.3, 0.4) is 0 Å². The Kier molecular flexibility index (Phi) is 4.13. The van der Waals surface area contributed by atoms with Gasteiger partial charge in [0.2, 0.25) is 0 Å². The molecular weight excluding hydrogens is 240 g/mol. The maximum Gasteiger partial charge on any atom is 0.511 e. The highest BCUT2D eigenvalue weighted by Crippen LogP contribution is 2.45. The van der Waals surface area contributed by atoms with Crippen LogP contribution in [-0.2, 0) is 5.41 Å². The molecule has 2 rings (SSSR count). The van der Waals surface area contributed by atoms with Crippen LogP contribution in [0.15, 0.2) is 18.2 Å². The third kappa shape index (κ3) is 2.91. The molecule has 1 aliphatic carbocycles. The highest BCUT2D eigenvalue weighted by atomic mass is 16.7. The van der Waals surface area contributed by atoms with E-state index in [1.807, 2.05) is 13.0 Å². The predicted octanol–water partition coefficient (Wildman–Crippen LogP) is 4.66. The minimum atomic E-state index is -1.23. The van der Waals surface area contributed by atoms with Gasteiger partial charge in [-0.15, -0.1) is 0 Å². The minimum absolute atomic E-state index is 0.0923. The molecule has 1 aromatic rings. The van der Waals surface area contributed by atoms with Crippen molar-refractivity contribution in [3.05, 3.63) is 29.3 Å². The van der Waals surface area contributed by atoms with E-state index in [2.05, 4.69) is 13.0 Å². The van der Waals surface area contributed by atoms with Gasteiger partial charge < -0.3 is 9.84 Å². The Morgan fingerprint density at radius 2 is 2.00 bits per heavy atom. The molecule has 1 fully saturated rings. The van der Waals surface area contributed by atoms with Crippen molar-refractivity contribution in [3.63, 3.8) is 0 Å². The smallest absolute Gasteiger partial charge is 0.449 e. The lowest BCUT2D eigenvalue weighted by Crippen LogP contribution is -2.29. The average Bonchev–Trinajstić information content (AvgIpc) is 2.41. The van der Waals surface area contributed by atoms with Crippen LogP contribution in [-0.4, -0.2) is 11.3 Å². The first-order chi connectivity index (χ1) is 9.07. The van der Waals surface area contributed by atoms with E-state index in [9.17, 15) is 4.79 Å². The maximum atomic E-state index is 10.9. The number of carbonyl (C=O) groups is 1. The van der Waals surface area contributed by atoms with Crippen LogP contribution in [0.5, 0.6) is 5.75 Å². The summed E-state index contributed by atoms with van der Waals surface area (Å²) in [5.41, 5.74) is 2.33. The van der Waals surface area contributed by atoms with Crippen LogP contribution < -0.4 is 4.74 Å². The molecule has 0 saturated heterocycles. The molecule has 0 bridgehead atoms. The molecular formula is C16H22O3. The van der Waals surface area contributed by atoms with Gasteiger partial charge in [0.25, 0.3) is 0 Å². The Morgan fingerprint density at radius 3 is 2.58 bits per heavy atom. The first-order valence-electron chi connectivity index (χ1n) is 7.09. The highest BCUT2D eigenvalue weighted by Gasteiger charge is 2.35. The third-order valence-electron chi connectivity index (χ3n) is 4.39. The molecule has 0 atom stereocenters.